The van der Waals surface area contributed by atoms with Gasteiger partial charge >= 0.3 is 6.61 Å². The molecule has 1 radical (unpaired) electrons. The Kier molecular flexibility index (Phi) is 3.48. The van der Waals surface area contributed by atoms with Gasteiger partial charge in [-0.05, 0) is 12.1 Å². The molecule has 1 rings (SSSR count). The van der Waals surface area contributed by atoms with Gasteiger partial charge in [-0.1, -0.05) is 15.9 Å². The standard InChI is InChI=1S/C8H6BrF2O2/c1-12-7-4-5(9)2-3-6(7)13-8(10)11/h3-4,8H,1H3. The number of halogens is 3. The van der Waals surface area contributed by atoms with Crippen molar-refractivity contribution >= 4 is 15.9 Å². The number of rotatable bonds is 3. The molecule has 1 aromatic carbocycles. The Hall–Kier alpha value is -0.840. The van der Waals surface area contributed by atoms with E-state index in [9.17, 15) is 8.78 Å². The van der Waals surface area contributed by atoms with Gasteiger partial charge in [0.2, 0.25) is 0 Å². The van der Waals surface area contributed by atoms with Gasteiger partial charge in [0.1, 0.15) is 0 Å². The fourth-order valence-electron chi connectivity index (χ4n) is 0.781. The second-order valence-electron chi connectivity index (χ2n) is 2.09. The SMILES string of the molecule is COc1cc(Br)[c]cc1OC(F)F. The van der Waals surface area contributed by atoms with Crippen molar-refractivity contribution in [3.05, 3.63) is 22.7 Å². The molecule has 0 heterocycles. The summed E-state index contributed by atoms with van der Waals surface area (Å²) in [6, 6.07) is 5.44. The molecule has 5 heteroatoms. The number of benzene rings is 1. The molecule has 0 aliphatic carbocycles. The van der Waals surface area contributed by atoms with Crippen LogP contribution in [0, 0.1) is 6.07 Å². The molecular formula is C8H6BrF2O2. The van der Waals surface area contributed by atoms with E-state index in [0.717, 1.165) is 0 Å². The van der Waals surface area contributed by atoms with Gasteiger partial charge in [-0.25, -0.2) is 0 Å². The normalized spacial score (nSPS) is 10.2. The highest BCUT2D eigenvalue weighted by Crippen LogP contribution is 2.30. The van der Waals surface area contributed by atoms with Gasteiger partial charge in [-0.2, -0.15) is 8.78 Å². The van der Waals surface area contributed by atoms with Crippen molar-refractivity contribution in [3.63, 3.8) is 0 Å². The smallest absolute Gasteiger partial charge is 0.387 e. The van der Waals surface area contributed by atoms with Crippen LogP contribution in [0.5, 0.6) is 11.5 Å². The summed E-state index contributed by atoms with van der Waals surface area (Å²) in [6.45, 7) is -2.86. The van der Waals surface area contributed by atoms with Crippen molar-refractivity contribution in [1.29, 1.82) is 0 Å². The predicted molar refractivity (Wildman–Crippen MR) is 46.2 cm³/mol. The van der Waals surface area contributed by atoms with Crippen molar-refractivity contribution in [3.8, 4) is 11.5 Å². The van der Waals surface area contributed by atoms with Crippen molar-refractivity contribution < 1.29 is 18.3 Å². The van der Waals surface area contributed by atoms with Crippen LogP contribution in [0.4, 0.5) is 8.78 Å². The molecule has 71 valence electrons. The Bertz CT molecular complexity index is 291. The lowest BCUT2D eigenvalue weighted by molar-refractivity contribution is -0.0512. The third-order valence-corrected chi connectivity index (χ3v) is 1.74. The Balaban J connectivity index is 2.92. The second-order valence-corrected chi connectivity index (χ2v) is 2.95. The highest BCUT2D eigenvalue weighted by molar-refractivity contribution is 9.10. The van der Waals surface area contributed by atoms with Crippen LogP contribution < -0.4 is 9.47 Å². The Morgan fingerprint density at radius 3 is 2.69 bits per heavy atom. The van der Waals surface area contributed by atoms with Crippen LogP contribution in [0.2, 0.25) is 0 Å². The van der Waals surface area contributed by atoms with E-state index in [-0.39, 0.29) is 11.5 Å². The zero-order chi connectivity index (χ0) is 9.84. The summed E-state index contributed by atoms with van der Waals surface area (Å²) < 4.78 is 33.3. The minimum Gasteiger partial charge on any atom is -0.493 e. The highest BCUT2D eigenvalue weighted by Gasteiger charge is 2.10. The summed E-state index contributed by atoms with van der Waals surface area (Å²) in [5.41, 5.74) is 0. The minimum atomic E-state index is -2.86. The van der Waals surface area contributed by atoms with Gasteiger partial charge in [-0.3, -0.25) is 0 Å². The van der Waals surface area contributed by atoms with E-state index in [1.807, 2.05) is 0 Å². The first-order valence-corrected chi connectivity index (χ1v) is 4.13. The molecule has 0 saturated heterocycles. The van der Waals surface area contributed by atoms with Crippen molar-refractivity contribution in [2.24, 2.45) is 0 Å². The molecule has 0 aliphatic rings. The number of methoxy groups -OCH3 is 1. The fourth-order valence-corrected chi connectivity index (χ4v) is 1.10. The minimum absolute atomic E-state index is 0.0271. The Labute approximate surface area is 82.6 Å². The molecule has 13 heavy (non-hydrogen) atoms. The van der Waals surface area contributed by atoms with Gasteiger partial charge in [-0.15, -0.1) is 0 Å². The topological polar surface area (TPSA) is 18.5 Å². The number of ether oxygens (including phenoxy) is 2. The lowest BCUT2D eigenvalue weighted by Crippen LogP contribution is -2.03. The molecule has 0 atom stereocenters. The molecule has 1 aromatic rings. The van der Waals surface area contributed by atoms with Crippen LogP contribution in [-0.2, 0) is 0 Å². The third-order valence-electron chi connectivity index (χ3n) is 1.28. The van der Waals surface area contributed by atoms with Gasteiger partial charge in [0.05, 0.1) is 7.11 Å². The van der Waals surface area contributed by atoms with E-state index in [1.54, 1.807) is 0 Å². The third kappa shape index (κ3) is 2.84. The van der Waals surface area contributed by atoms with E-state index < -0.39 is 6.61 Å². The molecule has 0 aliphatic heterocycles. The fraction of sp³-hybridized carbons (Fsp3) is 0.250. The Morgan fingerprint density at radius 2 is 2.15 bits per heavy atom. The molecule has 0 unspecified atom stereocenters. The molecular weight excluding hydrogens is 246 g/mol. The summed E-state index contributed by atoms with van der Waals surface area (Å²) in [7, 11) is 1.38. The zero-order valence-electron chi connectivity index (χ0n) is 6.68. The van der Waals surface area contributed by atoms with E-state index in [0.29, 0.717) is 4.47 Å². The first-order valence-electron chi connectivity index (χ1n) is 3.33. The molecule has 0 saturated carbocycles. The first-order chi connectivity index (χ1) is 6.13. The molecule has 0 spiro atoms. The summed E-state index contributed by atoms with van der Waals surface area (Å²) >= 11 is 3.12. The van der Waals surface area contributed by atoms with Crippen molar-refractivity contribution in [2.45, 2.75) is 6.61 Å². The van der Waals surface area contributed by atoms with Gasteiger partial charge in [0.25, 0.3) is 0 Å². The van der Waals surface area contributed by atoms with E-state index in [2.05, 4.69) is 26.7 Å². The highest BCUT2D eigenvalue weighted by atomic mass is 79.9. The van der Waals surface area contributed by atoms with Gasteiger partial charge in [0.15, 0.2) is 11.5 Å². The summed E-state index contributed by atoms with van der Waals surface area (Å²) in [5.74, 6) is 0.214. The summed E-state index contributed by atoms with van der Waals surface area (Å²) in [6.07, 6.45) is 0. The lowest BCUT2D eigenvalue weighted by atomic mass is 10.3. The van der Waals surface area contributed by atoms with E-state index >= 15 is 0 Å². The second kappa shape index (κ2) is 4.41. The average molecular weight is 252 g/mol. The Morgan fingerprint density at radius 1 is 1.46 bits per heavy atom. The molecule has 2 nitrogen and oxygen atoms in total. The van der Waals surface area contributed by atoms with Crippen LogP contribution in [0.1, 0.15) is 0 Å². The van der Waals surface area contributed by atoms with E-state index in [4.69, 9.17) is 4.74 Å². The van der Waals surface area contributed by atoms with Crippen LogP contribution in [0.3, 0.4) is 0 Å². The van der Waals surface area contributed by atoms with E-state index in [1.165, 1.54) is 19.2 Å². The maximum Gasteiger partial charge on any atom is 0.387 e. The van der Waals surface area contributed by atoms with Crippen LogP contribution in [0.15, 0.2) is 16.6 Å². The molecule has 0 bridgehead atoms. The van der Waals surface area contributed by atoms with Gasteiger partial charge < -0.3 is 9.47 Å². The molecule has 0 fully saturated rings. The number of alkyl halides is 2. The maximum atomic E-state index is 11.8. The molecule has 0 aromatic heterocycles. The summed E-state index contributed by atoms with van der Waals surface area (Å²) in [4.78, 5) is 0. The maximum absolute atomic E-state index is 11.8. The van der Waals surface area contributed by atoms with Crippen molar-refractivity contribution in [1.82, 2.24) is 0 Å². The monoisotopic (exact) mass is 251 g/mol. The number of hydrogen-bond donors (Lipinski definition) is 0. The lowest BCUT2D eigenvalue weighted by Gasteiger charge is -2.08. The molecule has 0 amide bonds. The van der Waals surface area contributed by atoms with Crippen LogP contribution in [-0.4, -0.2) is 13.7 Å². The number of hydrogen-bond acceptors (Lipinski definition) is 2. The quantitative estimate of drug-likeness (QED) is 0.823. The van der Waals surface area contributed by atoms with Crippen molar-refractivity contribution in [2.75, 3.05) is 7.11 Å². The largest absolute Gasteiger partial charge is 0.493 e. The summed E-state index contributed by atoms with van der Waals surface area (Å²) in [5, 5.41) is 0. The predicted octanol–water partition coefficient (Wildman–Crippen LogP) is 2.86. The van der Waals surface area contributed by atoms with Gasteiger partial charge in [0, 0.05) is 10.5 Å². The van der Waals surface area contributed by atoms with Crippen LogP contribution >= 0.6 is 15.9 Å². The first kappa shape index (κ1) is 10.2. The zero-order valence-corrected chi connectivity index (χ0v) is 8.27. The average Bonchev–Trinajstić information content (AvgIpc) is 2.07. The molecule has 0 N–H and O–H groups in total. The van der Waals surface area contributed by atoms with Crippen LogP contribution in [0.25, 0.3) is 0 Å².